The SMILES string of the molecule is C=C(CO)C(=O)Oc1cc(OC(=O)C(C)(C)CO)cc(-c2ccc(-c3ccc(CCCCC)cc3)cc2)c1. The Kier molecular flexibility index (Phi) is 9.99. The van der Waals surface area contributed by atoms with Crippen LogP contribution in [0.15, 0.2) is 78.9 Å². The van der Waals surface area contributed by atoms with E-state index in [9.17, 15) is 19.8 Å². The maximum absolute atomic E-state index is 12.6. The Morgan fingerprint density at radius 3 is 1.84 bits per heavy atom. The molecule has 0 spiro atoms. The van der Waals surface area contributed by atoms with E-state index in [0.29, 0.717) is 5.56 Å². The van der Waals surface area contributed by atoms with Gasteiger partial charge in [0, 0.05) is 6.07 Å². The molecule has 0 unspecified atom stereocenters. The number of aliphatic hydroxyl groups is 2. The highest BCUT2D eigenvalue weighted by Gasteiger charge is 2.29. The number of hydrogen-bond acceptors (Lipinski definition) is 6. The highest BCUT2D eigenvalue weighted by molar-refractivity contribution is 5.90. The van der Waals surface area contributed by atoms with Gasteiger partial charge < -0.3 is 19.7 Å². The van der Waals surface area contributed by atoms with Crippen molar-refractivity contribution in [2.24, 2.45) is 5.41 Å². The first-order valence-electron chi connectivity index (χ1n) is 12.9. The maximum Gasteiger partial charge on any atom is 0.341 e. The van der Waals surface area contributed by atoms with Crippen LogP contribution in [0.1, 0.15) is 45.6 Å². The molecule has 0 aliphatic heterocycles. The molecule has 0 saturated carbocycles. The minimum Gasteiger partial charge on any atom is -0.426 e. The Bertz CT molecular complexity index is 1260. The van der Waals surface area contributed by atoms with Gasteiger partial charge in [-0.25, -0.2) is 4.79 Å². The summed E-state index contributed by atoms with van der Waals surface area (Å²) in [5.41, 5.74) is 3.78. The van der Waals surface area contributed by atoms with Crippen LogP contribution >= 0.6 is 0 Å². The number of carbonyl (C=O) groups excluding carboxylic acids is 2. The van der Waals surface area contributed by atoms with E-state index in [4.69, 9.17) is 9.47 Å². The second kappa shape index (κ2) is 13.2. The van der Waals surface area contributed by atoms with Gasteiger partial charge in [-0.1, -0.05) is 74.9 Å². The number of benzene rings is 3. The van der Waals surface area contributed by atoms with Crippen molar-refractivity contribution in [2.75, 3.05) is 13.2 Å². The lowest BCUT2D eigenvalue weighted by Crippen LogP contribution is -2.32. The predicted molar refractivity (Wildman–Crippen MR) is 149 cm³/mol. The fraction of sp³-hybridized carbons (Fsp3) is 0.312. The Morgan fingerprint density at radius 2 is 1.32 bits per heavy atom. The molecule has 6 heteroatoms. The molecule has 3 aromatic carbocycles. The molecular weight excluding hydrogens is 480 g/mol. The highest BCUT2D eigenvalue weighted by Crippen LogP contribution is 2.33. The summed E-state index contributed by atoms with van der Waals surface area (Å²) < 4.78 is 10.9. The van der Waals surface area contributed by atoms with Crippen LogP contribution in [0.4, 0.5) is 0 Å². The van der Waals surface area contributed by atoms with Gasteiger partial charge in [-0.15, -0.1) is 0 Å². The standard InChI is InChI=1S/C32H36O6/c1-5-6-7-8-23-9-11-24(12-10-23)25-13-15-26(16-14-25)27-17-28(37-30(35)22(2)20-33)19-29(18-27)38-31(36)32(3,4)21-34/h9-19,33-34H,2,5-8,20-21H2,1,3-4H3. The number of rotatable bonds is 12. The third kappa shape index (κ3) is 7.63. The van der Waals surface area contributed by atoms with E-state index >= 15 is 0 Å². The molecule has 38 heavy (non-hydrogen) atoms. The number of aliphatic hydroxyl groups excluding tert-OH is 2. The lowest BCUT2D eigenvalue weighted by Gasteiger charge is -2.20. The molecule has 0 radical (unpaired) electrons. The summed E-state index contributed by atoms with van der Waals surface area (Å²) in [5, 5.41) is 18.7. The van der Waals surface area contributed by atoms with Gasteiger partial charge in [0.25, 0.3) is 0 Å². The monoisotopic (exact) mass is 516 g/mol. The topological polar surface area (TPSA) is 93.1 Å². The highest BCUT2D eigenvalue weighted by atomic mass is 16.5. The van der Waals surface area contributed by atoms with Crippen LogP contribution in [0.3, 0.4) is 0 Å². The fourth-order valence-corrected chi connectivity index (χ4v) is 3.71. The molecule has 0 saturated heterocycles. The van der Waals surface area contributed by atoms with Gasteiger partial charge in [0.15, 0.2) is 0 Å². The first-order chi connectivity index (χ1) is 18.2. The van der Waals surface area contributed by atoms with Crippen molar-refractivity contribution in [3.8, 4) is 33.8 Å². The number of aryl methyl sites for hydroxylation is 1. The Balaban J connectivity index is 1.88. The molecule has 0 aromatic heterocycles. The predicted octanol–water partition coefficient (Wildman–Crippen LogP) is 6.13. The van der Waals surface area contributed by atoms with Crippen molar-refractivity contribution in [3.05, 3.63) is 84.4 Å². The van der Waals surface area contributed by atoms with Crippen LogP contribution in [0.5, 0.6) is 11.5 Å². The summed E-state index contributed by atoms with van der Waals surface area (Å²) in [6, 6.07) is 21.2. The van der Waals surface area contributed by atoms with Gasteiger partial charge in [0.05, 0.1) is 24.2 Å². The van der Waals surface area contributed by atoms with Gasteiger partial charge in [-0.3, -0.25) is 4.79 Å². The van der Waals surface area contributed by atoms with Crippen molar-refractivity contribution in [2.45, 2.75) is 46.5 Å². The number of esters is 2. The number of ether oxygens (including phenoxy) is 2. The van der Waals surface area contributed by atoms with Crippen LogP contribution in [0.2, 0.25) is 0 Å². The van der Waals surface area contributed by atoms with E-state index in [-0.39, 0.29) is 23.7 Å². The first kappa shape index (κ1) is 28.8. The van der Waals surface area contributed by atoms with Gasteiger partial charge in [0.2, 0.25) is 0 Å². The smallest absolute Gasteiger partial charge is 0.341 e. The molecule has 0 aliphatic carbocycles. The third-order valence-electron chi connectivity index (χ3n) is 6.30. The molecule has 0 amide bonds. The number of hydrogen-bond donors (Lipinski definition) is 2. The Hall–Kier alpha value is -3.74. The molecule has 0 heterocycles. The van der Waals surface area contributed by atoms with Gasteiger partial charge in [-0.2, -0.15) is 0 Å². The van der Waals surface area contributed by atoms with E-state index < -0.39 is 24.0 Å². The summed E-state index contributed by atoms with van der Waals surface area (Å²) in [5.74, 6) is -1.11. The lowest BCUT2D eigenvalue weighted by molar-refractivity contribution is -0.146. The quantitative estimate of drug-likeness (QED) is 0.130. The Morgan fingerprint density at radius 1 is 0.789 bits per heavy atom. The molecule has 0 aliphatic rings. The van der Waals surface area contributed by atoms with Gasteiger partial charge in [0.1, 0.15) is 11.5 Å². The van der Waals surface area contributed by atoms with Crippen LogP contribution in [0, 0.1) is 5.41 Å². The second-order valence-corrected chi connectivity index (χ2v) is 10.0. The molecule has 200 valence electrons. The zero-order valence-electron chi connectivity index (χ0n) is 22.3. The lowest BCUT2D eigenvalue weighted by atomic mass is 9.95. The average Bonchev–Trinajstić information content (AvgIpc) is 2.93. The van der Waals surface area contributed by atoms with Crippen LogP contribution in [-0.2, 0) is 16.0 Å². The van der Waals surface area contributed by atoms with Gasteiger partial charge in [-0.05, 0) is 66.6 Å². The van der Waals surface area contributed by atoms with Crippen molar-refractivity contribution >= 4 is 11.9 Å². The largest absolute Gasteiger partial charge is 0.426 e. The molecule has 2 N–H and O–H groups in total. The van der Waals surface area contributed by atoms with Crippen molar-refractivity contribution in [1.29, 1.82) is 0 Å². The molecule has 3 aromatic rings. The van der Waals surface area contributed by atoms with Gasteiger partial charge >= 0.3 is 11.9 Å². The van der Waals surface area contributed by atoms with Crippen molar-refractivity contribution < 1.29 is 29.3 Å². The number of carbonyl (C=O) groups is 2. The fourth-order valence-electron chi connectivity index (χ4n) is 3.71. The van der Waals surface area contributed by atoms with E-state index in [1.807, 2.05) is 24.3 Å². The summed E-state index contributed by atoms with van der Waals surface area (Å²) in [7, 11) is 0. The first-order valence-corrected chi connectivity index (χ1v) is 12.9. The molecule has 3 rings (SSSR count). The third-order valence-corrected chi connectivity index (χ3v) is 6.30. The minimum atomic E-state index is -1.11. The summed E-state index contributed by atoms with van der Waals surface area (Å²) >= 11 is 0. The minimum absolute atomic E-state index is 0.101. The summed E-state index contributed by atoms with van der Waals surface area (Å²) in [4.78, 5) is 24.8. The van der Waals surface area contributed by atoms with E-state index in [1.165, 1.54) is 30.9 Å². The molecule has 0 atom stereocenters. The maximum atomic E-state index is 12.6. The zero-order valence-corrected chi connectivity index (χ0v) is 22.3. The molecule has 6 nitrogen and oxygen atoms in total. The second-order valence-electron chi connectivity index (χ2n) is 10.0. The average molecular weight is 517 g/mol. The van der Waals surface area contributed by atoms with Crippen molar-refractivity contribution in [1.82, 2.24) is 0 Å². The summed E-state index contributed by atoms with van der Waals surface area (Å²) in [6.07, 6.45) is 4.72. The molecule has 0 fully saturated rings. The zero-order chi connectivity index (χ0) is 27.7. The van der Waals surface area contributed by atoms with Crippen LogP contribution in [-0.4, -0.2) is 35.4 Å². The van der Waals surface area contributed by atoms with Crippen LogP contribution < -0.4 is 9.47 Å². The Labute approximate surface area is 224 Å². The normalized spacial score (nSPS) is 11.2. The van der Waals surface area contributed by atoms with Crippen LogP contribution in [0.25, 0.3) is 22.3 Å². The number of unbranched alkanes of at least 4 members (excludes halogenated alkanes) is 2. The molecular formula is C32H36O6. The molecule has 0 bridgehead atoms. The van der Waals surface area contributed by atoms with E-state index in [0.717, 1.165) is 23.1 Å². The van der Waals surface area contributed by atoms with Crippen molar-refractivity contribution in [3.63, 3.8) is 0 Å². The van der Waals surface area contributed by atoms with E-state index in [2.05, 4.69) is 37.8 Å². The van der Waals surface area contributed by atoms with E-state index in [1.54, 1.807) is 26.0 Å². The summed E-state index contributed by atoms with van der Waals surface area (Å²) in [6.45, 7) is 7.92.